The predicted molar refractivity (Wildman–Crippen MR) is 78.9 cm³/mol. The lowest BCUT2D eigenvalue weighted by atomic mass is 9.83. The SMILES string of the molecule is CC(C)(C)c1ccc([C@]2(C(=O)O)CCCN2)cc1.Cl. The number of nitrogens with one attached hydrogen (secondary N) is 1. The molecule has 1 heterocycles. The van der Waals surface area contributed by atoms with Crippen LogP contribution < -0.4 is 5.32 Å². The molecule has 0 aliphatic carbocycles. The molecule has 106 valence electrons. The van der Waals surface area contributed by atoms with Crippen LogP contribution in [0, 0.1) is 0 Å². The predicted octanol–water partition coefficient (Wildman–Crippen LogP) is 3.07. The molecule has 0 amide bonds. The van der Waals surface area contributed by atoms with Crippen LogP contribution in [0.1, 0.15) is 44.7 Å². The highest BCUT2D eigenvalue weighted by Gasteiger charge is 2.42. The van der Waals surface area contributed by atoms with E-state index >= 15 is 0 Å². The average molecular weight is 284 g/mol. The quantitative estimate of drug-likeness (QED) is 0.877. The molecule has 1 fully saturated rings. The molecule has 19 heavy (non-hydrogen) atoms. The Kier molecular flexibility index (Phi) is 4.64. The Balaban J connectivity index is 0.00000180. The first-order chi connectivity index (χ1) is 8.36. The second-order valence-electron chi connectivity index (χ2n) is 6.07. The molecular weight excluding hydrogens is 262 g/mol. The fraction of sp³-hybridized carbons (Fsp3) is 0.533. The maximum absolute atomic E-state index is 11.5. The van der Waals surface area contributed by atoms with Crippen LogP contribution in [0.25, 0.3) is 0 Å². The van der Waals surface area contributed by atoms with Gasteiger partial charge in [0, 0.05) is 0 Å². The summed E-state index contributed by atoms with van der Waals surface area (Å²) in [6.07, 6.45) is 1.57. The zero-order valence-corrected chi connectivity index (χ0v) is 12.5. The minimum Gasteiger partial charge on any atom is -0.480 e. The third-order valence-corrected chi connectivity index (χ3v) is 3.76. The van der Waals surface area contributed by atoms with E-state index in [4.69, 9.17) is 0 Å². The number of benzene rings is 1. The van der Waals surface area contributed by atoms with Crippen LogP contribution in [0.3, 0.4) is 0 Å². The second-order valence-corrected chi connectivity index (χ2v) is 6.07. The number of carboxylic acids is 1. The first kappa shape index (κ1) is 16.0. The molecule has 0 saturated carbocycles. The van der Waals surface area contributed by atoms with Crippen molar-refractivity contribution in [1.82, 2.24) is 5.32 Å². The number of halogens is 1. The van der Waals surface area contributed by atoms with E-state index < -0.39 is 11.5 Å². The van der Waals surface area contributed by atoms with Gasteiger partial charge < -0.3 is 5.11 Å². The molecule has 1 aromatic carbocycles. The second kappa shape index (κ2) is 5.51. The van der Waals surface area contributed by atoms with Gasteiger partial charge in [0.05, 0.1) is 0 Å². The van der Waals surface area contributed by atoms with Gasteiger partial charge in [-0.05, 0) is 35.9 Å². The summed E-state index contributed by atoms with van der Waals surface area (Å²) in [7, 11) is 0. The normalized spacial score (nSPS) is 22.9. The van der Waals surface area contributed by atoms with Gasteiger partial charge in [0.25, 0.3) is 0 Å². The van der Waals surface area contributed by atoms with Crippen molar-refractivity contribution in [2.75, 3.05) is 6.54 Å². The van der Waals surface area contributed by atoms with Gasteiger partial charge in [0.15, 0.2) is 0 Å². The van der Waals surface area contributed by atoms with Crippen LogP contribution in [0.5, 0.6) is 0 Å². The van der Waals surface area contributed by atoms with E-state index in [2.05, 4.69) is 26.1 Å². The van der Waals surface area contributed by atoms with Crippen LogP contribution in [0.2, 0.25) is 0 Å². The van der Waals surface area contributed by atoms with Crippen molar-refractivity contribution >= 4 is 18.4 Å². The highest BCUT2D eigenvalue weighted by molar-refractivity contribution is 5.85. The monoisotopic (exact) mass is 283 g/mol. The molecule has 0 unspecified atom stereocenters. The van der Waals surface area contributed by atoms with Gasteiger partial charge in [-0.25, -0.2) is 4.79 Å². The highest BCUT2D eigenvalue weighted by Crippen LogP contribution is 2.32. The Morgan fingerprint density at radius 3 is 2.21 bits per heavy atom. The van der Waals surface area contributed by atoms with E-state index in [0.717, 1.165) is 18.5 Å². The molecule has 1 aliphatic heterocycles. The van der Waals surface area contributed by atoms with E-state index in [0.29, 0.717) is 6.42 Å². The van der Waals surface area contributed by atoms with Crippen molar-refractivity contribution in [2.45, 2.75) is 44.6 Å². The summed E-state index contributed by atoms with van der Waals surface area (Å²) in [4.78, 5) is 11.5. The van der Waals surface area contributed by atoms with Crippen molar-refractivity contribution in [2.24, 2.45) is 0 Å². The van der Waals surface area contributed by atoms with Crippen molar-refractivity contribution < 1.29 is 9.90 Å². The molecule has 1 aromatic rings. The summed E-state index contributed by atoms with van der Waals surface area (Å²) >= 11 is 0. The van der Waals surface area contributed by atoms with Crippen molar-refractivity contribution in [3.05, 3.63) is 35.4 Å². The number of carboxylic acid groups (broad SMARTS) is 1. The molecule has 4 heteroatoms. The smallest absolute Gasteiger partial charge is 0.328 e. The van der Waals surface area contributed by atoms with Gasteiger partial charge in [-0.3, -0.25) is 5.32 Å². The topological polar surface area (TPSA) is 49.3 Å². The Hall–Kier alpha value is -1.06. The highest BCUT2D eigenvalue weighted by atomic mass is 35.5. The largest absolute Gasteiger partial charge is 0.480 e. The first-order valence-corrected chi connectivity index (χ1v) is 6.46. The van der Waals surface area contributed by atoms with Crippen LogP contribution in [-0.2, 0) is 15.7 Å². The lowest BCUT2D eigenvalue weighted by molar-refractivity contribution is -0.144. The maximum atomic E-state index is 11.5. The van der Waals surface area contributed by atoms with Gasteiger partial charge in [0.1, 0.15) is 5.54 Å². The van der Waals surface area contributed by atoms with Crippen molar-refractivity contribution in [3.8, 4) is 0 Å². The third-order valence-electron chi connectivity index (χ3n) is 3.76. The maximum Gasteiger partial charge on any atom is 0.328 e. The van der Waals surface area contributed by atoms with Crippen LogP contribution in [-0.4, -0.2) is 17.6 Å². The van der Waals surface area contributed by atoms with Gasteiger partial charge in [-0.2, -0.15) is 0 Å². The fourth-order valence-corrected chi connectivity index (χ4v) is 2.55. The van der Waals surface area contributed by atoms with Gasteiger partial charge in [-0.1, -0.05) is 45.0 Å². The molecule has 3 nitrogen and oxygen atoms in total. The summed E-state index contributed by atoms with van der Waals surface area (Å²) in [5.41, 5.74) is 1.30. The summed E-state index contributed by atoms with van der Waals surface area (Å²) in [5.74, 6) is -0.775. The molecule has 2 N–H and O–H groups in total. The molecular formula is C15H22ClNO2. The van der Waals surface area contributed by atoms with Crippen LogP contribution >= 0.6 is 12.4 Å². The van der Waals surface area contributed by atoms with E-state index in [-0.39, 0.29) is 17.8 Å². The molecule has 0 bridgehead atoms. The number of hydrogen-bond donors (Lipinski definition) is 2. The molecule has 1 atom stereocenters. The first-order valence-electron chi connectivity index (χ1n) is 6.46. The molecule has 2 rings (SSSR count). The number of aliphatic carboxylic acids is 1. The standard InChI is InChI=1S/C15H21NO2.ClH/c1-14(2,3)11-5-7-12(8-6-11)15(13(17)18)9-4-10-16-15;/h5-8,16H,4,9-10H2,1-3H3,(H,17,18);1H/t15-;/m0./s1. The minimum absolute atomic E-state index is 0. The van der Waals surface area contributed by atoms with Gasteiger partial charge >= 0.3 is 5.97 Å². The summed E-state index contributed by atoms with van der Waals surface area (Å²) in [6.45, 7) is 7.24. The number of hydrogen-bond acceptors (Lipinski definition) is 2. The van der Waals surface area contributed by atoms with Gasteiger partial charge in [-0.15, -0.1) is 12.4 Å². The molecule has 1 aliphatic rings. The van der Waals surface area contributed by atoms with Crippen molar-refractivity contribution in [3.63, 3.8) is 0 Å². The lowest BCUT2D eigenvalue weighted by Crippen LogP contribution is -2.44. The summed E-state index contributed by atoms with van der Waals surface area (Å²) < 4.78 is 0. The Morgan fingerprint density at radius 1 is 1.26 bits per heavy atom. The number of carbonyl (C=O) groups is 1. The van der Waals surface area contributed by atoms with Crippen LogP contribution in [0.15, 0.2) is 24.3 Å². The zero-order valence-electron chi connectivity index (χ0n) is 11.7. The lowest BCUT2D eigenvalue weighted by Gasteiger charge is -2.26. The van der Waals surface area contributed by atoms with E-state index in [1.807, 2.05) is 24.3 Å². The fourth-order valence-electron chi connectivity index (χ4n) is 2.55. The zero-order chi connectivity index (χ0) is 13.4. The van der Waals surface area contributed by atoms with E-state index in [1.165, 1.54) is 5.56 Å². The Bertz CT molecular complexity index is 442. The molecule has 0 spiro atoms. The molecule has 1 saturated heterocycles. The van der Waals surface area contributed by atoms with Crippen molar-refractivity contribution in [1.29, 1.82) is 0 Å². The number of rotatable bonds is 2. The third kappa shape index (κ3) is 2.93. The average Bonchev–Trinajstić information content (AvgIpc) is 2.78. The van der Waals surface area contributed by atoms with E-state index in [9.17, 15) is 9.90 Å². The molecule has 0 radical (unpaired) electrons. The Morgan fingerprint density at radius 2 is 1.84 bits per heavy atom. The molecule has 0 aromatic heterocycles. The minimum atomic E-state index is -0.879. The summed E-state index contributed by atoms with van der Waals surface area (Å²) in [5, 5.41) is 12.6. The van der Waals surface area contributed by atoms with Gasteiger partial charge in [0.2, 0.25) is 0 Å². The van der Waals surface area contributed by atoms with Crippen LogP contribution in [0.4, 0.5) is 0 Å². The summed E-state index contributed by atoms with van der Waals surface area (Å²) in [6, 6.07) is 7.99. The Labute approximate surface area is 120 Å². The van der Waals surface area contributed by atoms with E-state index in [1.54, 1.807) is 0 Å².